The minimum Gasteiger partial charge on any atom is -0.206 e. The van der Waals surface area contributed by atoms with E-state index < -0.39 is 11.6 Å². The Morgan fingerprint density at radius 3 is 2.56 bits per heavy atom. The first kappa shape index (κ1) is 13.4. The first-order valence-corrected chi connectivity index (χ1v) is 6.24. The highest BCUT2D eigenvalue weighted by molar-refractivity contribution is 7.99. The van der Waals surface area contributed by atoms with Crippen molar-refractivity contribution < 1.29 is 13.2 Å². The van der Waals surface area contributed by atoms with Gasteiger partial charge in [-0.15, -0.1) is 0 Å². The summed E-state index contributed by atoms with van der Waals surface area (Å²) in [5.74, 6) is -3.11. The average Bonchev–Trinajstić information content (AvgIpc) is 2.22. The van der Waals surface area contributed by atoms with Crippen LogP contribution in [0.1, 0.15) is 31.7 Å². The summed E-state index contributed by atoms with van der Waals surface area (Å²) >= 11 is 0.254. The van der Waals surface area contributed by atoms with Crippen LogP contribution in [-0.4, -0.2) is 5.76 Å². The summed E-state index contributed by atoms with van der Waals surface area (Å²) in [6.45, 7) is 2.10. The van der Waals surface area contributed by atoms with Gasteiger partial charge < -0.3 is 0 Å². The smallest absolute Gasteiger partial charge is 0.206 e. The van der Waals surface area contributed by atoms with E-state index in [-0.39, 0.29) is 16.7 Å². The molecule has 0 heterocycles. The van der Waals surface area contributed by atoms with Crippen molar-refractivity contribution in [2.24, 2.45) is 0 Å². The summed E-state index contributed by atoms with van der Waals surface area (Å²) in [6, 6.07) is 4.53. The summed E-state index contributed by atoms with van der Waals surface area (Å²) < 4.78 is 37.5. The highest BCUT2D eigenvalue weighted by Crippen LogP contribution is 2.28. The number of aryl methyl sites for hydroxylation is 1. The molecule has 4 heteroatoms. The minimum absolute atomic E-state index is 0.0224. The molecule has 0 nitrogen and oxygen atoms in total. The molecule has 0 amide bonds. The number of halogens is 3. The number of alkyl halides is 2. The molecule has 0 aromatic heterocycles. The van der Waals surface area contributed by atoms with Crippen LogP contribution in [0.4, 0.5) is 13.2 Å². The van der Waals surface area contributed by atoms with E-state index in [2.05, 4.69) is 6.92 Å². The number of unbranched alkanes of at least 4 members (excludes halogenated alkanes) is 2. The van der Waals surface area contributed by atoms with Crippen molar-refractivity contribution in [3.05, 3.63) is 29.6 Å². The molecule has 0 atom stereocenters. The van der Waals surface area contributed by atoms with Gasteiger partial charge in [0, 0.05) is 4.90 Å². The topological polar surface area (TPSA) is 0 Å². The van der Waals surface area contributed by atoms with Gasteiger partial charge in [-0.25, -0.2) is 4.39 Å². The predicted octanol–water partition coefficient (Wildman–Crippen LogP) is 4.87. The van der Waals surface area contributed by atoms with Gasteiger partial charge in [0.25, 0.3) is 5.76 Å². The molecular formula is C12H15F3S. The molecule has 0 N–H and O–H groups in total. The van der Waals surface area contributed by atoms with Crippen molar-refractivity contribution in [1.82, 2.24) is 0 Å². The number of hydrogen-bond acceptors (Lipinski definition) is 1. The van der Waals surface area contributed by atoms with Gasteiger partial charge in [0.2, 0.25) is 0 Å². The van der Waals surface area contributed by atoms with Gasteiger partial charge in [0.05, 0.1) is 0 Å². The van der Waals surface area contributed by atoms with E-state index in [0.717, 1.165) is 31.2 Å². The van der Waals surface area contributed by atoms with Crippen molar-refractivity contribution in [2.45, 2.75) is 43.3 Å². The Kier molecular flexibility index (Phi) is 5.74. The van der Waals surface area contributed by atoms with Crippen molar-refractivity contribution >= 4 is 11.8 Å². The summed E-state index contributed by atoms with van der Waals surface area (Å²) in [6.07, 6.45) is 4.04. The second-order valence-electron chi connectivity index (χ2n) is 3.60. The van der Waals surface area contributed by atoms with Gasteiger partial charge in [-0.2, -0.15) is 8.78 Å². The fourth-order valence-corrected chi connectivity index (χ4v) is 1.98. The predicted molar refractivity (Wildman–Crippen MR) is 61.5 cm³/mol. The SMILES string of the molecule is CCCCCc1ccc(SC(F)F)c(F)c1. The summed E-state index contributed by atoms with van der Waals surface area (Å²) in [7, 11) is 0. The molecule has 0 spiro atoms. The van der Waals surface area contributed by atoms with Gasteiger partial charge in [-0.3, -0.25) is 0 Å². The molecule has 16 heavy (non-hydrogen) atoms. The van der Waals surface area contributed by atoms with E-state index in [1.54, 1.807) is 6.07 Å². The van der Waals surface area contributed by atoms with E-state index >= 15 is 0 Å². The van der Waals surface area contributed by atoms with Crippen molar-refractivity contribution in [2.75, 3.05) is 0 Å². The zero-order chi connectivity index (χ0) is 12.0. The molecule has 0 aliphatic carbocycles. The van der Waals surface area contributed by atoms with Crippen molar-refractivity contribution in [1.29, 1.82) is 0 Å². The number of thioether (sulfide) groups is 1. The lowest BCUT2D eigenvalue weighted by Crippen LogP contribution is -1.91. The van der Waals surface area contributed by atoms with E-state index in [1.165, 1.54) is 12.1 Å². The Balaban J connectivity index is 2.60. The molecule has 1 aromatic rings. The average molecular weight is 248 g/mol. The van der Waals surface area contributed by atoms with Gasteiger partial charge in [-0.1, -0.05) is 37.6 Å². The van der Waals surface area contributed by atoms with Gasteiger partial charge in [0.1, 0.15) is 5.82 Å². The molecule has 1 aromatic carbocycles. The molecule has 0 aliphatic rings. The lowest BCUT2D eigenvalue weighted by molar-refractivity contribution is 0.251. The van der Waals surface area contributed by atoms with Crippen LogP contribution in [0.15, 0.2) is 23.1 Å². The van der Waals surface area contributed by atoms with Crippen LogP contribution in [0.25, 0.3) is 0 Å². The minimum atomic E-state index is -2.57. The lowest BCUT2D eigenvalue weighted by Gasteiger charge is -2.05. The number of rotatable bonds is 6. The monoisotopic (exact) mass is 248 g/mol. The number of hydrogen-bond donors (Lipinski definition) is 0. The third-order valence-corrected chi connectivity index (χ3v) is 3.04. The Bertz CT molecular complexity index is 326. The quantitative estimate of drug-likeness (QED) is 0.511. The molecule has 0 aliphatic heterocycles. The maximum Gasteiger partial charge on any atom is 0.289 e. The Morgan fingerprint density at radius 2 is 2.00 bits per heavy atom. The zero-order valence-electron chi connectivity index (χ0n) is 9.18. The van der Waals surface area contributed by atoms with Crippen LogP contribution in [0.2, 0.25) is 0 Å². The first-order chi connectivity index (χ1) is 7.63. The Hall–Kier alpha value is -0.640. The standard InChI is InChI=1S/C12H15F3S/c1-2-3-4-5-9-6-7-11(10(13)8-9)16-12(14)15/h6-8,12H,2-5H2,1H3. The molecule has 0 radical (unpaired) electrons. The summed E-state index contributed by atoms with van der Waals surface area (Å²) in [4.78, 5) is 0.0224. The van der Waals surface area contributed by atoms with E-state index in [0.29, 0.717) is 0 Å². The van der Waals surface area contributed by atoms with Crippen LogP contribution in [0.5, 0.6) is 0 Å². The highest BCUT2D eigenvalue weighted by atomic mass is 32.2. The summed E-state index contributed by atoms with van der Waals surface area (Å²) in [5.41, 5.74) is 0.879. The molecule has 0 bridgehead atoms. The molecule has 0 unspecified atom stereocenters. The molecular weight excluding hydrogens is 233 g/mol. The van der Waals surface area contributed by atoms with E-state index in [9.17, 15) is 13.2 Å². The maximum absolute atomic E-state index is 13.4. The highest BCUT2D eigenvalue weighted by Gasteiger charge is 2.10. The third kappa shape index (κ3) is 4.47. The van der Waals surface area contributed by atoms with Gasteiger partial charge in [-0.05, 0) is 30.5 Å². The molecule has 1 rings (SSSR count). The van der Waals surface area contributed by atoms with Crippen LogP contribution >= 0.6 is 11.8 Å². The maximum atomic E-state index is 13.4. The van der Waals surface area contributed by atoms with Crippen LogP contribution in [0, 0.1) is 5.82 Å². The molecule has 90 valence electrons. The number of benzene rings is 1. The summed E-state index contributed by atoms with van der Waals surface area (Å²) in [5, 5.41) is 0. The fourth-order valence-electron chi connectivity index (χ4n) is 1.47. The largest absolute Gasteiger partial charge is 0.289 e. The second-order valence-corrected chi connectivity index (χ2v) is 4.63. The normalized spacial score (nSPS) is 11.1. The van der Waals surface area contributed by atoms with E-state index in [1.807, 2.05) is 0 Å². The first-order valence-electron chi connectivity index (χ1n) is 5.36. The zero-order valence-corrected chi connectivity index (χ0v) is 10.00. The second kappa shape index (κ2) is 6.84. The fraction of sp³-hybridized carbons (Fsp3) is 0.500. The van der Waals surface area contributed by atoms with Gasteiger partial charge in [0.15, 0.2) is 0 Å². The van der Waals surface area contributed by atoms with Crippen molar-refractivity contribution in [3.8, 4) is 0 Å². The Labute approximate surface area is 98.2 Å². The van der Waals surface area contributed by atoms with Crippen LogP contribution in [-0.2, 0) is 6.42 Å². The van der Waals surface area contributed by atoms with Gasteiger partial charge >= 0.3 is 0 Å². The van der Waals surface area contributed by atoms with Crippen LogP contribution in [0.3, 0.4) is 0 Å². The van der Waals surface area contributed by atoms with Crippen LogP contribution < -0.4 is 0 Å². The molecule has 0 saturated carbocycles. The molecule has 0 saturated heterocycles. The lowest BCUT2D eigenvalue weighted by atomic mass is 10.1. The Morgan fingerprint density at radius 1 is 1.25 bits per heavy atom. The van der Waals surface area contributed by atoms with Crippen molar-refractivity contribution in [3.63, 3.8) is 0 Å². The van der Waals surface area contributed by atoms with E-state index in [4.69, 9.17) is 0 Å². The third-order valence-electron chi connectivity index (χ3n) is 2.28. The molecule has 0 fully saturated rings.